The fraction of sp³-hybridized carbons (Fsp3) is 0.100. The van der Waals surface area contributed by atoms with Crippen molar-refractivity contribution in [2.75, 3.05) is 0 Å². The molecule has 0 aromatic heterocycles. The lowest BCUT2D eigenvalue weighted by atomic mass is 9.94. The summed E-state index contributed by atoms with van der Waals surface area (Å²) in [5.74, 6) is -1.91. The molecule has 0 aromatic rings. The second-order valence-corrected chi connectivity index (χ2v) is 2.64. The van der Waals surface area contributed by atoms with E-state index in [1.165, 1.54) is 6.08 Å². The molecule has 1 rings (SSSR count). The van der Waals surface area contributed by atoms with E-state index in [9.17, 15) is 9.59 Å². The van der Waals surface area contributed by atoms with Crippen molar-refractivity contribution in [3.05, 3.63) is 34.9 Å². The van der Waals surface area contributed by atoms with E-state index >= 15 is 0 Å². The molecule has 14 heavy (non-hydrogen) atoms. The van der Waals surface area contributed by atoms with E-state index in [0.717, 1.165) is 6.08 Å². The maximum atomic E-state index is 11.2. The van der Waals surface area contributed by atoms with Gasteiger partial charge in [-0.05, 0) is 18.6 Å². The number of nitrogens with zero attached hydrogens (tertiary/aromatic N) is 1. The van der Waals surface area contributed by atoms with Gasteiger partial charge in [-0.3, -0.25) is 4.79 Å². The molecular weight excluding hydrogens is 182 g/mol. The number of ketones is 1. The molecule has 0 amide bonds. The molecule has 0 aromatic carbocycles. The third kappa shape index (κ3) is 1.62. The smallest absolute Gasteiger partial charge is 0.339 e. The first-order valence-electron chi connectivity index (χ1n) is 3.88. The lowest BCUT2D eigenvalue weighted by molar-refractivity contribution is -0.134. The maximum Gasteiger partial charge on any atom is 0.339 e. The number of nitriles is 1. The summed E-state index contributed by atoms with van der Waals surface area (Å²) < 4.78 is 0. The van der Waals surface area contributed by atoms with E-state index in [-0.39, 0.29) is 11.1 Å². The molecule has 0 bridgehead atoms. The van der Waals surface area contributed by atoms with Crippen molar-refractivity contribution in [2.45, 2.75) is 6.92 Å². The number of aliphatic carboxylic acids is 1. The molecular formula is C10H7NO3. The van der Waals surface area contributed by atoms with Gasteiger partial charge in [-0.15, -0.1) is 0 Å². The third-order valence-corrected chi connectivity index (χ3v) is 1.81. The van der Waals surface area contributed by atoms with Crippen LogP contribution in [0.5, 0.6) is 0 Å². The molecule has 0 saturated heterocycles. The Kier molecular flexibility index (Phi) is 2.63. The first-order valence-corrected chi connectivity index (χ1v) is 3.88. The summed E-state index contributed by atoms with van der Waals surface area (Å²) in [7, 11) is 0. The average molecular weight is 189 g/mol. The maximum absolute atomic E-state index is 11.2. The molecule has 0 atom stereocenters. The summed E-state index contributed by atoms with van der Waals surface area (Å²) in [4.78, 5) is 21.8. The lowest BCUT2D eigenvalue weighted by Crippen LogP contribution is -2.14. The molecule has 1 aliphatic rings. The molecule has 0 unspecified atom stereocenters. The van der Waals surface area contributed by atoms with Gasteiger partial charge in [-0.1, -0.05) is 6.08 Å². The standard InChI is InChI=1S/C10H7NO3/c1-2-6-3-8(10(13)14)9(12)4-7(6)5-11/h2-4H,1H3,(H,13,14). The van der Waals surface area contributed by atoms with Crippen molar-refractivity contribution in [3.8, 4) is 6.07 Å². The predicted octanol–water partition coefficient (Wildman–Crippen LogP) is 0.976. The quantitative estimate of drug-likeness (QED) is 0.623. The van der Waals surface area contributed by atoms with E-state index in [4.69, 9.17) is 10.4 Å². The zero-order valence-electron chi connectivity index (χ0n) is 7.44. The van der Waals surface area contributed by atoms with E-state index < -0.39 is 11.8 Å². The first kappa shape index (κ1) is 9.93. The largest absolute Gasteiger partial charge is 0.478 e. The van der Waals surface area contributed by atoms with Gasteiger partial charge in [0.05, 0.1) is 11.6 Å². The van der Waals surface area contributed by atoms with Crippen LogP contribution in [0.2, 0.25) is 0 Å². The Morgan fingerprint density at radius 1 is 1.57 bits per heavy atom. The molecule has 1 aliphatic carbocycles. The molecule has 4 nitrogen and oxygen atoms in total. The summed E-state index contributed by atoms with van der Waals surface area (Å²) >= 11 is 0. The number of hydrogen-bond acceptors (Lipinski definition) is 3. The molecule has 0 radical (unpaired) electrons. The monoisotopic (exact) mass is 189 g/mol. The van der Waals surface area contributed by atoms with Gasteiger partial charge in [-0.25, -0.2) is 4.79 Å². The Labute approximate surface area is 80.5 Å². The van der Waals surface area contributed by atoms with Gasteiger partial charge in [-0.2, -0.15) is 5.26 Å². The number of carboxylic acid groups (broad SMARTS) is 1. The topological polar surface area (TPSA) is 78.2 Å². The van der Waals surface area contributed by atoms with Gasteiger partial charge in [0.1, 0.15) is 5.57 Å². The Bertz CT molecular complexity index is 433. The lowest BCUT2D eigenvalue weighted by Gasteiger charge is -2.07. The van der Waals surface area contributed by atoms with Gasteiger partial charge in [0.2, 0.25) is 0 Å². The van der Waals surface area contributed by atoms with Crippen molar-refractivity contribution in [3.63, 3.8) is 0 Å². The third-order valence-electron chi connectivity index (χ3n) is 1.81. The van der Waals surface area contributed by atoms with Gasteiger partial charge in [0.25, 0.3) is 0 Å². The Morgan fingerprint density at radius 2 is 2.21 bits per heavy atom. The minimum absolute atomic E-state index is 0.197. The van der Waals surface area contributed by atoms with Crippen LogP contribution >= 0.6 is 0 Å². The minimum atomic E-state index is -1.28. The van der Waals surface area contributed by atoms with E-state index in [1.807, 2.05) is 6.07 Å². The van der Waals surface area contributed by atoms with E-state index in [1.54, 1.807) is 13.0 Å². The highest BCUT2D eigenvalue weighted by atomic mass is 16.4. The molecule has 0 spiro atoms. The van der Waals surface area contributed by atoms with Gasteiger partial charge < -0.3 is 5.11 Å². The van der Waals surface area contributed by atoms with Crippen LogP contribution in [0.15, 0.2) is 34.9 Å². The number of carbonyl (C=O) groups excluding carboxylic acids is 1. The van der Waals surface area contributed by atoms with Gasteiger partial charge >= 0.3 is 5.97 Å². The van der Waals surface area contributed by atoms with Crippen molar-refractivity contribution in [1.29, 1.82) is 5.26 Å². The average Bonchev–Trinajstić information content (AvgIpc) is 2.16. The molecule has 0 saturated carbocycles. The zero-order valence-corrected chi connectivity index (χ0v) is 7.44. The minimum Gasteiger partial charge on any atom is -0.478 e. The highest BCUT2D eigenvalue weighted by Crippen LogP contribution is 2.19. The second kappa shape index (κ2) is 3.71. The van der Waals surface area contributed by atoms with Crippen LogP contribution in [0, 0.1) is 11.3 Å². The zero-order chi connectivity index (χ0) is 10.7. The fourth-order valence-corrected chi connectivity index (χ4v) is 1.10. The summed E-state index contributed by atoms with van der Waals surface area (Å²) in [6, 6.07) is 1.83. The van der Waals surface area contributed by atoms with Crippen LogP contribution in [0.25, 0.3) is 0 Å². The van der Waals surface area contributed by atoms with Crippen molar-refractivity contribution in [1.82, 2.24) is 0 Å². The highest BCUT2D eigenvalue weighted by molar-refractivity contribution is 6.23. The van der Waals surface area contributed by atoms with Crippen molar-refractivity contribution in [2.24, 2.45) is 0 Å². The Morgan fingerprint density at radius 3 is 2.64 bits per heavy atom. The van der Waals surface area contributed by atoms with E-state index in [0.29, 0.717) is 5.57 Å². The number of allylic oxidation sites excluding steroid dienone is 5. The second-order valence-electron chi connectivity index (χ2n) is 2.64. The highest BCUT2D eigenvalue weighted by Gasteiger charge is 2.21. The molecule has 4 heteroatoms. The Balaban J connectivity index is 3.23. The molecule has 0 fully saturated rings. The number of carboxylic acids is 1. The van der Waals surface area contributed by atoms with Gasteiger partial charge in [0, 0.05) is 6.08 Å². The number of carbonyl (C=O) groups is 2. The van der Waals surface area contributed by atoms with E-state index in [2.05, 4.69) is 0 Å². The molecule has 1 N–H and O–H groups in total. The molecule has 0 aliphatic heterocycles. The van der Waals surface area contributed by atoms with Crippen LogP contribution in [0.3, 0.4) is 0 Å². The van der Waals surface area contributed by atoms with Crippen molar-refractivity contribution < 1.29 is 14.7 Å². The Hall–Kier alpha value is -2.15. The van der Waals surface area contributed by atoms with Crippen LogP contribution in [-0.2, 0) is 9.59 Å². The molecule has 70 valence electrons. The normalized spacial score (nSPS) is 18.6. The summed E-state index contributed by atoms with van der Waals surface area (Å²) in [6.45, 7) is 1.67. The predicted molar refractivity (Wildman–Crippen MR) is 48.2 cm³/mol. The van der Waals surface area contributed by atoms with Crippen molar-refractivity contribution >= 4 is 11.8 Å². The van der Waals surface area contributed by atoms with Crippen LogP contribution in [-0.4, -0.2) is 16.9 Å². The first-order chi connectivity index (χ1) is 6.60. The summed E-state index contributed by atoms with van der Waals surface area (Å²) in [5, 5.41) is 17.3. The summed E-state index contributed by atoms with van der Waals surface area (Å²) in [5.41, 5.74) is 0.351. The summed E-state index contributed by atoms with van der Waals surface area (Å²) in [6.07, 6.45) is 3.84. The number of hydrogen-bond donors (Lipinski definition) is 1. The fourth-order valence-electron chi connectivity index (χ4n) is 1.10. The number of rotatable bonds is 1. The SMILES string of the molecule is CC=C1C=C(C(=O)O)C(=O)C=C1C#N. The molecule has 0 heterocycles. The van der Waals surface area contributed by atoms with Gasteiger partial charge in [0.15, 0.2) is 5.78 Å². The van der Waals surface area contributed by atoms with Crippen LogP contribution < -0.4 is 0 Å². The van der Waals surface area contributed by atoms with Crippen LogP contribution in [0.1, 0.15) is 6.92 Å². The van der Waals surface area contributed by atoms with Crippen LogP contribution in [0.4, 0.5) is 0 Å².